The van der Waals surface area contributed by atoms with E-state index in [0.717, 1.165) is 0 Å². The van der Waals surface area contributed by atoms with Crippen LogP contribution < -0.4 is 11.1 Å². The number of hydrogen-bond acceptors (Lipinski definition) is 3. The zero-order valence-electron chi connectivity index (χ0n) is 12.3. The van der Waals surface area contributed by atoms with E-state index in [4.69, 9.17) is 5.73 Å². The third kappa shape index (κ3) is 3.23. The molecule has 0 fully saturated rings. The van der Waals surface area contributed by atoms with Crippen molar-refractivity contribution in [1.29, 1.82) is 0 Å². The number of carbonyl (C=O) groups excluding carboxylic acids is 2. The van der Waals surface area contributed by atoms with Crippen molar-refractivity contribution < 1.29 is 9.59 Å². The van der Waals surface area contributed by atoms with Gasteiger partial charge in [0.05, 0.1) is 5.54 Å². The van der Waals surface area contributed by atoms with Gasteiger partial charge in [-0.15, -0.1) is 0 Å². The predicted molar refractivity (Wildman–Crippen MR) is 75.2 cm³/mol. The maximum absolute atomic E-state index is 12.3. The van der Waals surface area contributed by atoms with E-state index in [0.29, 0.717) is 17.8 Å². The molecular weight excluding hydrogens is 242 g/mol. The van der Waals surface area contributed by atoms with E-state index in [2.05, 4.69) is 5.32 Å². The number of ketones is 1. The van der Waals surface area contributed by atoms with E-state index in [1.165, 1.54) is 6.92 Å². The Morgan fingerprint density at radius 1 is 1.47 bits per heavy atom. The zero-order valence-corrected chi connectivity index (χ0v) is 12.3. The fourth-order valence-electron chi connectivity index (χ4n) is 1.74. The summed E-state index contributed by atoms with van der Waals surface area (Å²) in [6.45, 7) is 7.79. The van der Waals surface area contributed by atoms with Crippen LogP contribution in [0.3, 0.4) is 0 Å². The highest BCUT2D eigenvalue weighted by atomic mass is 16.2. The van der Waals surface area contributed by atoms with Crippen LogP contribution in [0.25, 0.3) is 0 Å². The van der Waals surface area contributed by atoms with E-state index in [1.54, 1.807) is 23.9 Å². The minimum absolute atomic E-state index is 0.0555. The van der Waals surface area contributed by atoms with Crippen LogP contribution in [-0.2, 0) is 7.05 Å². The molecule has 1 unspecified atom stereocenters. The largest absolute Gasteiger partial charge is 0.346 e. The number of aromatic nitrogens is 1. The van der Waals surface area contributed by atoms with Crippen molar-refractivity contribution >= 4 is 11.7 Å². The van der Waals surface area contributed by atoms with Crippen LogP contribution in [0.2, 0.25) is 0 Å². The Morgan fingerprint density at radius 2 is 2.05 bits per heavy atom. The molecule has 1 aromatic heterocycles. The van der Waals surface area contributed by atoms with Crippen molar-refractivity contribution in [3.8, 4) is 0 Å². The number of rotatable bonds is 5. The molecule has 3 N–H and O–H groups in total. The van der Waals surface area contributed by atoms with Gasteiger partial charge in [-0.25, -0.2) is 0 Å². The molecule has 0 aromatic carbocycles. The van der Waals surface area contributed by atoms with Gasteiger partial charge in [0.25, 0.3) is 5.91 Å². The highest BCUT2D eigenvalue weighted by molar-refractivity contribution is 5.99. The molecule has 1 rings (SSSR count). The Morgan fingerprint density at radius 3 is 2.42 bits per heavy atom. The summed E-state index contributed by atoms with van der Waals surface area (Å²) in [5, 5.41) is 2.96. The third-order valence-corrected chi connectivity index (χ3v) is 3.74. The summed E-state index contributed by atoms with van der Waals surface area (Å²) >= 11 is 0. The van der Waals surface area contributed by atoms with Crippen LogP contribution >= 0.6 is 0 Å². The lowest BCUT2D eigenvalue weighted by Gasteiger charge is -2.33. The number of nitrogens with zero attached hydrogens (tertiary/aromatic N) is 1. The molecule has 0 saturated carbocycles. The molecule has 106 valence electrons. The van der Waals surface area contributed by atoms with Crippen LogP contribution in [0.5, 0.6) is 0 Å². The van der Waals surface area contributed by atoms with E-state index >= 15 is 0 Å². The topological polar surface area (TPSA) is 77.1 Å². The number of nitrogens with one attached hydrogen (secondary N) is 1. The molecule has 0 bridgehead atoms. The van der Waals surface area contributed by atoms with E-state index in [9.17, 15) is 9.59 Å². The average molecular weight is 265 g/mol. The standard InChI is InChI=1S/C14H23N3O2/c1-9(2)14(4,8-15)16-13(19)12-6-11(10(3)18)7-17(12)5/h6-7,9H,8,15H2,1-5H3,(H,16,19). The molecule has 0 aliphatic carbocycles. The van der Waals surface area contributed by atoms with Crippen LogP contribution in [0.4, 0.5) is 0 Å². The molecule has 19 heavy (non-hydrogen) atoms. The first kappa shape index (κ1) is 15.4. The fraction of sp³-hybridized carbons (Fsp3) is 0.571. The fourth-order valence-corrected chi connectivity index (χ4v) is 1.74. The summed E-state index contributed by atoms with van der Waals surface area (Å²) in [6.07, 6.45) is 1.66. The Balaban J connectivity index is 2.98. The molecule has 0 spiro atoms. The Bertz CT molecular complexity index is 491. The normalized spacial score (nSPS) is 14.3. The molecule has 1 amide bonds. The molecule has 0 aliphatic rings. The van der Waals surface area contributed by atoms with Gasteiger partial charge in [-0.1, -0.05) is 13.8 Å². The van der Waals surface area contributed by atoms with Gasteiger partial charge >= 0.3 is 0 Å². The second-order valence-corrected chi connectivity index (χ2v) is 5.51. The highest BCUT2D eigenvalue weighted by Crippen LogP contribution is 2.16. The molecular formula is C14H23N3O2. The number of Topliss-reactive ketones (excluding diaryl/α,β-unsaturated/α-hetero) is 1. The molecule has 0 saturated heterocycles. The molecule has 0 radical (unpaired) electrons. The summed E-state index contributed by atoms with van der Waals surface area (Å²) < 4.78 is 1.66. The lowest BCUT2D eigenvalue weighted by atomic mass is 9.88. The van der Waals surface area contributed by atoms with Crippen LogP contribution in [-0.4, -0.2) is 28.3 Å². The van der Waals surface area contributed by atoms with Gasteiger partial charge in [-0.05, 0) is 25.8 Å². The van der Waals surface area contributed by atoms with E-state index in [1.807, 2.05) is 20.8 Å². The minimum Gasteiger partial charge on any atom is -0.346 e. The zero-order chi connectivity index (χ0) is 14.8. The van der Waals surface area contributed by atoms with Crippen molar-refractivity contribution in [3.63, 3.8) is 0 Å². The van der Waals surface area contributed by atoms with Crippen LogP contribution in [0.1, 0.15) is 48.5 Å². The van der Waals surface area contributed by atoms with Gasteiger partial charge in [-0.2, -0.15) is 0 Å². The second-order valence-electron chi connectivity index (χ2n) is 5.51. The second kappa shape index (κ2) is 5.57. The summed E-state index contributed by atoms with van der Waals surface area (Å²) in [6, 6.07) is 1.61. The summed E-state index contributed by atoms with van der Waals surface area (Å²) in [5.41, 5.74) is 6.29. The third-order valence-electron chi connectivity index (χ3n) is 3.74. The summed E-state index contributed by atoms with van der Waals surface area (Å²) in [7, 11) is 1.75. The van der Waals surface area contributed by atoms with E-state index in [-0.39, 0.29) is 17.6 Å². The van der Waals surface area contributed by atoms with Gasteiger partial charge < -0.3 is 15.6 Å². The first-order valence-corrected chi connectivity index (χ1v) is 6.41. The molecule has 5 heteroatoms. The highest BCUT2D eigenvalue weighted by Gasteiger charge is 2.29. The Kier molecular flexibility index (Phi) is 4.52. The Labute approximate surface area is 114 Å². The molecule has 1 heterocycles. The molecule has 5 nitrogen and oxygen atoms in total. The number of aryl methyl sites for hydroxylation is 1. The minimum atomic E-state index is -0.461. The van der Waals surface area contributed by atoms with Gasteiger partial charge in [0.2, 0.25) is 0 Å². The maximum atomic E-state index is 12.3. The van der Waals surface area contributed by atoms with Gasteiger partial charge in [0.1, 0.15) is 5.69 Å². The van der Waals surface area contributed by atoms with Gasteiger partial charge in [0, 0.05) is 25.4 Å². The van der Waals surface area contributed by atoms with Crippen molar-refractivity contribution in [2.75, 3.05) is 6.54 Å². The van der Waals surface area contributed by atoms with E-state index < -0.39 is 5.54 Å². The summed E-state index contributed by atoms with van der Waals surface area (Å²) in [5.74, 6) is -0.0502. The first-order valence-electron chi connectivity index (χ1n) is 6.41. The van der Waals surface area contributed by atoms with Crippen LogP contribution in [0.15, 0.2) is 12.3 Å². The maximum Gasteiger partial charge on any atom is 0.268 e. The number of nitrogens with two attached hydrogens (primary N) is 1. The molecule has 1 aromatic rings. The van der Waals surface area contributed by atoms with Crippen molar-refractivity contribution in [2.45, 2.75) is 33.2 Å². The molecule has 1 atom stereocenters. The van der Waals surface area contributed by atoms with Gasteiger partial charge in [0.15, 0.2) is 5.78 Å². The predicted octanol–water partition coefficient (Wildman–Crippen LogP) is 1.33. The van der Waals surface area contributed by atoms with Crippen molar-refractivity contribution in [3.05, 3.63) is 23.5 Å². The van der Waals surface area contributed by atoms with Crippen molar-refractivity contribution in [2.24, 2.45) is 18.7 Å². The number of amides is 1. The van der Waals surface area contributed by atoms with Crippen molar-refractivity contribution in [1.82, 2.24) is 9.88 Å². The lowest BCUT2D eigenvalue weighted by molar-refractivity contribution is 0.0874. The average Bonchev–Trinajstić information content (AvgIpc) is 2.71. The number of hydrogen-bond donors (Lipinski definition) is 2. The summed E-state index contributed by atoms with van der Waals surface area (Å²) in [4.78, 5) is 23.6. The number of carbonyl (C=O) groups is 2. The first-order chi connectivity index (χ1) is 8.71. The molecule has 0 aliphatic heterocycles. The van der Waals surface area contributed by atoms with Gasteiger partial charge in [-0.3, -0.25) is 9.59 Å². The van der Waals surface area contributed by atoms with Crippen LogP contribution in [0, 0.1) is 5.92 Å². The smallest absolute Gasteiger partial charge is 0.268 e. The quantitative estimate of drug-likeness (QED) is 0.788. The SMILES string of the molecule is CC(=O)c1cc(C(=O)NC(C)(CN)C(C)C)n(C)c1. The Hall–Kier alpha value is -1.62. The monoisotopic (exact) mass is 265 g/mol. The lowest BCUT2D eigenvalue weighted by Crippen LogP contribution is -2.55.